The van der Waals surface area contributed by atoms with Crippen molar-refractivity contribution in [2.75, 3.05) is 64.9 Å². The number of hydrogen-bond donors (Lipinski definition) is 0. The van der Waals surface area contributed by atoms with E-state index in [9.17, 15) is 14.4 Å². The lowest BCUT2D eigenvalue weighted by Crippen LogP contribution is -2.37. The predicted octanol–water partition coefficient (Wildman–Crippen LogP) is 1.43. The number of rotatable bonds is 15. The van der Waals surface area contributed by atoms with Crippen molar-refractivity contribution >= 4 is 44.7 Å². The van der Waals surface area contributed by atoms with Crippen molar-refractivity contribution in [3.8, 4) is 0 Å². The molecule has 0 aromatic carbocycles. The molecule has 1 unspecified atom stereocenters. The van der Waals surface area contributed by atoms with Crippen molar-refractivity contribution in [3.63, 3.8) is 0 Å². The Morgan fingerprint density at radius 3 is 2.27 bits per heavy atom. The lowest BCUT2D eigenvalue weighted by atomic mass is 9.96. The van der Waals surface area contributed by atoms with Crippen LogP contribution in [-0.4, -0.2) is 82.0 Å². The summed E-state index contributed by atoms with van der Waals surface area (Å²) < 4.78 is 24.8. The Labute approximate surface area is 166 Å². The standard InChI is InChI=1S/C16H27BrO8S/c1-16(12-17,14(19)22-3)15(20)26-10-4-5-25-13(18)11-24-9-8-23-7-6-21-2/h4-12H2,1-3H3. The smallest absolute Gasteiger partial charge is 0.332 e. The molecule has 0 aliphatic rings. The molecule has 0 aliphatic heterocycles. The Kier molecular flexibility index (Phi) is 15.0. The molecule has 0 aliphatic carbocycles. The molecular formula is C16H27BrO8S. The van der Waals surface area contributed by atoms with Gasteiger partial charge in [-0.3, -0.25) is 9.59 Å². The third-order valence-corrected chi connectivity index (χ3v) is 5.49. The molecule has 0 fully saturated rings. The van der Waals surface area contributed by atoms with E-state index in [0.29, 0.717) is 38.6 Å². The van der Waals surface area contributed by atoms with Crippen LogP contribution in [0, 0.1) is 5.41 Å². The van der Waals surface area contributed by atoms with Crippen molar-refractivity contribution in [1.82, 2.24) is 0 Å². The van der Waals surface area contributed by atoms with E-state index >= 15 is 0 Å². The van der Waals surface area contributed by atoms with Gasteiger partial charge in [0, 0.05) is 18.2 Å². The quantitative estimate of drug-likeness (QED) is 0.156. The van der Waals surface area contributed by atoms with Gasteiger partial charge in [-0.25, -0.2) is 4.79 Å². The zero-order valence-corrected chi connectivity index (χ0v) is 17.8. The zero-order chi connectivity index (χ0) is 19.8. The second kappa shape index (κ2) is 15.4. The Morgan fingerprint density at radius 1 is 1.00 bits per heavy atom. The summed E-state index contributed by atoms with van der Waals surface area (Å²) in [7, 11) is 2.83. The van der Waals surface area contributed by atoms with E-state index in [-0.39, 0.29) is 23.7 Å². The highest BCUT2D eigenvalue weighted by Gasteiger charge is 2.41. The second-order valence-corrected chi connectivity index (χ2v) is 6.95. The van der Waals surface area contributed by atoms with Crippen molar-refractivity contribution in [1.29, 1.82) is 0 Å². The molecule has 26 heavy (non-hydrogen) atoms. The van der Waals surface area contributed by atoms with Crippen LogP contribution in [0.1, 0.15) is 13.3 Å². The lowest BCUT2D eigenvalue weighted by molar-refractivity contribution is -0.153. The molecule has 0 aromatic rings. The van der Waals surface area contributed by atoms with Crippen LogP contribution in [0.2, 0.25) is 0 Å². The molecular weight excluding hydrogens is 432 g/mol. The Bertz CT molecular complexity index is 434. The van der Waals surface area contributed by atoms with Gasteiger partial charge < -0.3 is 23.7 Å². The first-order valence-corrected chi connectivity index (χ1v) is 10.1. The number of ether oxygens (including phenoxy) is 5. The summed E-state index contributed by atoms with van der Waals surface area (Å²) in [5, 5.41) is -0.107. The normalized spacial score (nSPS) is 13.1. The Balaban J connectivity index is 3.75. The van der Waals surface area contributed by atoms with Gasteiger partial charge in [0.05, 0.1) is 40.1 Å². The van der Waals surface area contributed by atoms with E-state index in [2.05, 4.69) is 20.7 Å². The average Bonchev–Trinajstić information content (AvgIpc) is 2.65. The number of hydrogen-bond acceptors (Lipinski definition) is 9. The van der Waals surface area contributed by atoms with Crippen LogP contribution in [0.4, 0.5) is 0 Å². The topological polar surface area (TPSA) is 97.4 Å². The third kappa shape index (κ3) is 10.5. The number of thioether (sulfide) groups is 1. The molecule has 1 atom stereocenters. The van der Waals surface area contributed by atoms with Crippen LogP contribution >= 0.6 is 27.7 Å². The van der Waals surface area contributed by atoms with E-state index in [1.165, 1.54) is 14.0 Å². The summed E-state index contributed by atoms with van der Waals surface area (Å²) in [5.41, 5.74) is -1.23. The van der Waals surface area contributed by atoms with E-state index in [1.54, 1.807) is 7.11 Å². The minimum atomic E-state index is -1.23. The number of carbonyl (C=O) groups is 3. The van der Waals surface area contributed by atoms with Crippen molar-refractivity contribution in [2.45, 2.75) is 13.3 Å². The SMILES string of the molecule is COCCOCCOCC(=O)OCCCSC(=O)C(C)(CBr)C(=O)OC. The van der Waals surface area contributed by atoms with Gasteiger partial charge in [0.25, 0.3) is 0 Å². The van der Waals surface area contributed by atoms with Crippen LogP contribution in [-0.2, 0) is 38.1 Å². The molecule has 0 saturated heterocycles. The second-order valence-electron chi connectivity index (χ2n) is 5.33. The van der Waals surface area contributed by atoms with Gasteiger partial charge in [-0.05, 0) is 13.3 Å². The highest BCUT2D eigenvalue weighted by atomic mass is 79.9. The first-order valence-electron chi connectivity index (χ1n) is 8.04. The maximum atomic E-state index is 12.1. The average molecular weight is 459 g/mol. The number of alkyl halides is 1. The minimum Gasteiger partial charge on any atom is -0.468 e. The van der Waals surface area contributed by atoms with Crippen LogP contribution < -0.4 is 0 Å². The van der Waals surface area contributed by atoms with Gasteiger partial charge >= 0.3 is 11.9 Å². The third-order valence-electron chi connectivity index (χ3n) is 3.16. The first-order chi connectivity index (χ1) is 12.4. The summed E-state index contributed by atoms with van der Waals surface area (Å²) in [5.74, 6) is -0.625. The zero-order valence-electron chi connectivity index (χ0n) is 15.4. The van der Waals surface area contributed by atoms with Gasteiger partial charge in [-0.15, -0.1) is 0 Å². The molecule has 152 valence electrons. The van der Waals surface area contributed by atoms with Crippen molar-refractivity contribution in [3.05, 3.63) is 0 Å². The van der Waals surface area contributed by atoms with Crippen LogP contribution in [0.3, 0.4) is 0 Å². The number of esters is 2. The largest absolute Gasteiger partial charge is 0.468 e. The number of halogens is 1. The molecule has 0 bridgehead atoms. The molecule has 0 aromatic heterocycles. The summed E-state index contributed by atoms with van der Waals surface area (Å²) in [6.45, 7) is 3.21. The maximum Gasteiger partial charge on any atom is 0.332 e. The fraction of sp³-hybridized carbons (Fsp3) is 0.812. The first kappa shape index (κ1) is 25.3. The monoisotopic (exact) mass is 458 g/mol. The molecule has 0 rings (SSSR count). The summed E-state index contributed by atoms with van der Waals surface area (Å²) in [4.78, 5) is 35.3. The Hall–Kier alpha value is -0.680. The summed E-state index contributed by atoms with van der Waals surface area (Å²) in [6.07, 6.45) is 0.488. The number of methoxy groups -OCH3 is 2. The van der Waals surface area contributed by atoms with Crippen molar-refractivity contribution in [2.24, 2.45) is 5.41 Å². The molecule has 0 amide bonds. The number of carbonyl (C=O) groups excluding carboxylic acids is 3. The highest BCUT2D eigenvalue weighted by Crippen LogP contribution is 2.28. The highest BCUT2D eigenvalue weighted by molar-refractivity contribution is 9.09. The summed E-state index contributed by atoms with van der Waals surface area (Å²) in [6, 6.07) is 0. The van der Waals surface area contributed by atoms with E-state index in [0.717, 1.165) is 11.8 Å². The van der Waals surface area contributed by atoms with E-state index < -0.39 is 17.4 Å². The fourth-order valence-electron chi connectivity index (χ4n) is 1.55. The molecule has 0 N–H and O–H groups in total. The minimum absolute atomic E-state index is 0.149. The van der Waals surface area contributed by atoms with Gasteiger partial charge in [-0.1, -0.05) is 27.7 Å². The molecule has 10 heteroatoms. The lowest BCUT2D eigenvalue weighted by Gasteiger charge is -2.21. The molecule has 0 radical (unpaired) electrons. The van der Waals surface area contributed by atoms with Crippen LogP contribution in [0.25, 0.3) is 0 Å². The van der Waals surface area contributed by atoms with Gasteiger partial charge in [-0.2, -0.15) is 0 Å². The van der Waals surface area contributed by atoms with E-state index in [4.69, 9.17) is 18.9 Å². The van der Waals surface area contributed by atoms with E-state index in [1.807, 2.05) is 0 Å². The summed E-state index contributed by atoms with van der Waals surface area (Å²) >= 11 is 4.18. The molecule has 0 saturated carbocycles. The molecule has 0 heterocycles. The predicted molar refractivity (Wildman–Crippen MR) is 100 cm³/mol. The van der Waals surface area contributed by atoms with Gasteiger partial charge in [0.1, 0.15) is 12.0 Å². The molecule has 8 nitrogen and oxygen atoms in total. The fourth-order valence-corrected chi connectivity index (χ4v) is 3.14. The Morgan fingerprint density at radius 2 is 1.65 bits per heavy atom. The van der Waals surface area contributed by atoms with Crippen molar-refractivity contribution < 1.29 is 38.1 Å². The van der Waals surface area contributed by atoms with Gasteiger partial charge in [0.15, 0.2) is 0 Å². The molecule has 0 spiro atoms. The van der Waals surface area contributed by atoms with Crippen LogP contribution in [0.15, 0.2) is 0 Å². The van der Waals surface area contributed by atoms with Gasteiger partial charge in [0.2, 0.25) is 5.12 Å². The maximum absolute atomic E-state index is 12.1. The van der Waals surface area contributed by atoms with Crippen LogP contribution in [0.5, 0.6) is 0 Å².